The molecule has 4 rings (SSSR count). The lowest BCUT2D eigenvalue weighted by Crippen LogP contribution is -2.67. The first-order chi connectivity index (χ1) is 22.1. The molecule has 0 aliphatic carbocycles. The van der Waals surface area contributed by atoms with Gasteiger partial charge in [-0.25, -0.2) is 9.59 Å². The summed E-state index contributed by atoms with van der Waals surface area (Å²) in [5.41, 5.74) is 0.0879. The summed E-state index contributed by atoms with van der Waals surface area (Å²) in [5, 5.41) is 2.39. The fourth-order valence-electron chi connectivity index (χ4n) is 6.21. The third kappa shape index (κ3) is 7.96. The smallest absolute Gasteiger partial charge is 0.410 e. The number of ether oxygens (including phenoxy) is 4. The molecule has 0 unspecified atom stereocenters. The number of carbonyl (C=O) groups excluding carboxylic acids is 2. The first-order valence-electron chi connectivity index (χ1n) is 16.1. The molecule has 0 spiro atoms. The highest BCUT2D eigenvalue weighted by Gasteiger charge is 2.53. The number of hydrogen-bond donors (Lipinski definition) is 0. The second-order valence-electron chi connectivity index (χ2n) is 13.9. The van der Waals surface area contributed by atoms with Crippen molar-refractivity contribution in [2.75, 3.05) is 26.9 Å². The van der Waals surface area contributed by atoms with Gasteiger partial charge in [-0.2, -0.15) is 0 Å². The number of methoxy groups -OCH3 is 1. The number of likely N-dealkylation sites (tertiary alicyclic amines) is 1. The van der Waals surface area contributed by atoms with E-state index in [0.717, 1.165) is 10.4 Å². The van der Waals surface area contributed by atoms with E-state index >= 15 is 0 Å². The molecular formula is C37H48ClNO7Si. The standard InChI is InChI=1S/C37H48ClNO7Si/c1-10-43-33-31(34(40)42-9)30(21-25(2)32(33)38)44-24-26-22-27(23-39(26)35(41)45-36(3,4)5)46-47(37(6,7)8,28-17-13-11-14-18-28)29-19-15-12-16-20-29/h11-21,26-27H,10,22-24H2,1-9H3/t26-,27-/m1/s1. The predicted octanol–water partition coefficient (Wildman–Crippen LogP) is 7.17. The summed E-state index contributed by atoms with van der Waals surface area (Å²) in [6.07, 6.45) is -0.258. The number of aryl methyl sites for hydroxylation is 1. The van der Waals surface area contributed by atoms with E-state index in [1.165, 1.54) is 7.11 Å². The van der Waals surface area contributed by atoms with Crippen molar-refractivity contribution in [3.63, 3.8) is 0 Å². The predicted molar refractivity (Wildman–Crippen MR) is 188 cm³/mol. The third-order valence-corrected chi connectivity index (χ3v) is 13.8. The van der Waals surface area contributed by atoms with Crippen LogP contribution in [0.25, 0.3) is 0 Å². The minimum Gasteiger partial charge on any atom is -0.491 e. The van der Waals surface area contributed by atoms with Gasteiger partial charge in [0.05, 0.1) is 30.9 Å². The maximum Gasteiger partial charge on any atom is 0.410 e. The van der Waals surface area contributed by atoms with Gasteiger partial charge in [0.1, 0.15) is 23.5 Å². The second-order valence-corrected chi connectivity index (χ2v) is 18.5. The Labute approximate surface area is 285 Å². The van der Waals surface area contributed by atoms with E-state index in [4.69, 9.17) is 35.0 Å². The van der Waals surface area contributed by atoms with Gasteiger partial charge in [-0.3, -0.25) is 4.90 Å². The molecule has 2 atom stereocenters. The Kier molecular flexibility index (Phi) is 11.4. The van der Waals surface area contributed by atoms with Gasteiger partial charge < -0.3 is 23.4 Å². The van der Waals surface area contributed by atoms with Gasteiger partial charge in [0.25, 0.3) is 8.32 Å². The summed E-state index contributed by atoms with van der Waals surface area (Å²) < 4.78 is 30.5. The van der Waals surface area contributed by atoms with E-state index < -0.39 is 32.0 Å². The van der Waals surface area contributed by atoms with Crippen LogP contribution in [-0.2, 0) is 13.9 Å². The molecule has 0 bridgehead atoms. The van der Waals surface area contributed by atoms with E-state index in [1.807, 2.05) is 46.8 Å². The van der Waals surface area contributed by atoms with Crippen LogP contribution in [0.2, 0.25) is 10.1 Å². The van der Waals surface area contributed by atoms with Gasteiger partial charge in [0.15, 0.2) is 5.75 Å². The summed E-state index contributed by atoms with van der Waals surface area (Å²) >= 11 is 6.55. The van der Waals surface area contributed by atoms with Crippen LogP contribution < -0.4 is 19.8 Å². The molecular weight excluding hydrogens is 634 g/mol. The maximum absolute atomic E-state index is 13.7. The third-order valence-electron chi connectivity index (χ3n) is 8.24. The van der Waals surface area contributed by atoms with E-state index in [-0.39, 0.29) is 34.8 Å². The molecule has 1 aliphatic heterocycles. The van der Waals surface area contributed by atoms with E-state index in [9.17, 15) is 9.59 Å². The van der Waals surface area contributed by atoms with Crippen LogP contribution in [0.3, 0.4) is 0 Å². The Hall–Kier alpha value is -3.53. The molecule has 1 amide bonds. The SMILES string of the molecule is CCOc1c(Cl)c(C)cc(OC[C@H]2C[C@@H](O[Si](c3ccccc3)(c3ccccc3)C(C)(C)C)CN2C(=O)OC(C)(C)C)c1C(=O)OC. The Balaban J connectivity index is 1.74. The molecule has 10 heteroatoms. The zero-order valence-electron chi connectivity index (χ0n) is 29.0. The van der Waals surface area contributed by atoms with Crippen LogP contribution in [0.1, 0.15) is 70.8 Å². The molecule has 1 heterocycles. The fraction of sp³-hybridized carbons (Fsp3) is 0.459. The zero-order chi connectivity index (χ0) is 34.6. The lowest BCUT2D eigenvalue weighted by Gasteiger charge is -2.44. The number of nitrogens with zero attached hydrogens (tertiary/aromatic N) is 1. The van der Waals surface area contributed by atoms with E-state index in [0.29, 0.717) is 30.2 Å². The van der Waals surface area contributed by atoms with Gasteiger partial charge in [0.2, 0.25) is 0 Å². The van der Waals surface area contributed by atoms with E-state index in [2.05, 4.69) is 69.3 Å². The highest BCUT2D eigenvalue weighted by atomic mass is 35.5. The summed E-state index contributed by atoms with van der Waals surface area (Å²) in [4.78, 5) is 28.3. The monoisotopic (exact) mass is 681 g/mol. The molecule has 0 radical (unpaired) electrons. The number of rotatable bonds is 10. The first-order valence-corrected chi connectivity index (χ1v) is 18.4. The summed E-state index contributed by atoms with van der Waals surface area (Å²) in [5.74, 6) is -0.157. The fourth-order valence-corrected chi connectivity index (χ4v) is 11.1. The van der Waals surface area contributed by atoms with Crippen LogP contribution in [0.4, 0.5) is 4.79 Å². The van der Waals surface area contributed by atoms with Gasteiger partial charge in [0, 0.05) is 6.54 Å². The summed E-state index contributed by atoms with van der Waals surface area (Å²) in [7, 11) is -1.62. The number of halogens is 1. The van der Waals surface area contributed by atoms with Gasteiger partial charge in [-0.15, -0.1) is 0 Å². The Morgan fingerprint density at radius 1 is 0.936 bits per heavy atom. The van der Waals surface area contributed by atoms with Gasteiger partial charge in [-0.05, 0) is 68.1 Å². The molecule has 0 saturated carbocycles. The number of carbonyl (C=O) groups is 2. The van der Waals surface area contributed by atoms with Crippen molar-refractivity contribution in [3.05, 3.63) is 82.9 Å². The van der Waals surface area contributed by atoms with Crippen molar-refractivity contribution in [2.45, 2.75) is 84.6 Å². The minimum absolute atomic E-state index is 0.0798. The quantitative estimate of drug-likeness (QED) is 0.166. The number of amides is 1. The Morgan fingerprint density at radius 3 is 2.00 bits per heavy atom. The molecule has 47 heavy (non-hydrogen) atoms. The minimum atomic E-state index is -2.91. The summed E-state index contributed by atoms with van der Waals surface area (Å²) in [6, 6.07) is 22.1. The topological polar surface area (TPSA) is 83.5 Å². The normalized spacial score (nSPS) is 16.9. The van der Waals surface area contributed by atoms with Crippen LogP contribution in [0.15, 0.2) is 66.7 Å². The molecule has 1 saturated heterocycles. The largest absolute Gasteiger partial charge is 0.491 e. The number of hydrogen-bond acceptors (Lipinski definition) is 7. The van der Waals surface area contributed by atoms with Crippen molar-refractivity contribution in [1.82, 2.24) is 4.90 Å². The average molecular weight is 682 g/mol. The molecule has 1 fully saturated rings. The van der Waals surface area contributed by atoms with Crippen LogP contribution in [0, 0.1) is 6.92 Å². The van der Waals surface area contributed by atoms with Crippen LogP contribution >= 0.6 is 11.6 Å². The van der Waals surface area contributed by atoms with Crippen LogP contribution in [0.5, 0.6) is 11.5 Å². The average Bonchev–Trinajstić information content (AvgIpc) is 3.43. The molecule has 3 aromatic rings. The van der Waals surface area contributed by atoms with Crippen molar-refractivity contribution in [1.29, 1.82) is 0 Å². The van der Waals surface area contributed by atoms with Crippen molar-refractivity contribution >= 4 is 42.4 Å². The Morgan fingerprint density at radius 2 is 1.51 bits per heavy atom. The van der Waals surface area contributed by atoms with Crippen molar-refractivity contribution in [2.24, 2.45) is 0 Å². The number of esters is 1. The molecule has 8 nitrogen and oxygen atoms in total. The second kappa shape index (κ2) is 14.7. The highest BCUT2D eigenvalue weighted by Crippen LogP contribution is 2.41. The van der Waals surface area contributed by atoms with Crippen LogP contribution in [-0.4, -0.2) is 69.9 Å². The highest BCUT2D eigenvalue weighted by molar-refractivity contribution is 6.99. The van der Waals surface area contributed by atoms with Gasteiger partial charge in [-0.1, -0.05) is 93.0 Å². The van der Waals surface area contributed by atoms with Gasteiger partial charge >= 0.3 is 12.1 Å². The lowest BCUT2D eigenvalue weighted by molar-refractivity contribution is 0.0173. The van der Waals surface area contributed by atoms with Crippen molar-refractivity contribution in [3.8, 4) is 11.5 Å². The molecule has 0 aromatic heterocycles. The number of benzene rings is 3. The maximum atomic E-state index is 13.7. The first kappa shape index (κ1) is 36.3. The molecule has 3 aromatic carbocycles. The summed E-state index contributed by atoms with van der Waals surface area (Å²) in [6.45, 7) is 16.5. The molecule has 1 aliphatic rings. The zero-order valence-corrected chi connectivity index (χ0v) is 30.8. The molecule has 254 valence electrons. The van der Waals surface area contributed by atoms with E-state index in [1.54, 1.807) is 11.0 Å². The lowest BCUT2D eigenvalue weighted by atomic mass is 10.1. The van der Waals surface area contributed by atoms with Crippen molar-refractivity contribution < 1.29 is 33.0 Å². The Bertz CT molecular complexity index is 1500. The molecule has 0 N–H and O–H groups in total.